The third kappa shape index (κ3) is 2.88. The van der Waals surface area contributed by atoms with E-state index >= 15 is 0 Å². The van der Waals surface area contributed by atoms with Crippen LogP contribution < -0.4 is 5.73 Å². The average molecular weight is 277 g/mol. The summed E-state index contributed by atoms with van der Waals surface area (Å²) in [5.41, 5.74) is 7.24. The number of hydrogen-bond acceptors (Lipinski definition) is 5. The van der Waals surface area contributed by atoms with Crippen molar-refractivity contribution in [2.75, 3.05) is 13.1 Å². The predicted octanol–water partition coefficient (Wildman–Crippen LogP) is 2.57. The summed E-state index contributed by atoms with van der Waals surface area (Å²) in [6.45, 7) is 5.20. The van der Waals surface area contributed by atoms with E-state index in [2.05, 4.69) is 22.2 Å². The van der Waals surface area contributed by atoms with E-state index in [0.717, 1.165) is 36.1 Å². The number of nitrogens with two attached hydrogens (primary N) is 1. The second-order valence-electron chi connectivity index (χ2n) is 5.29. The Morgan fingerprint density at radius 3 is 3.21 bits per heavy atom. The summed E-state index contributed by atoms with van der Waals surface area (Å²) in [5.74, 6) is 1.48. The van der Waals surface area contributed by atoms with Crippen LogP contribution in [0.15, 0.2) is 28.2 Å². The molecule has 2 aromatic heterocycles. The molecule has 3 rings (SSSR count). The maximum Gasteiger partial charge on any atom is 0.162 e. The van der Waals surface area contributed by atoms with Crippen LogP contribution in [0.3, 0.4) is 0 Å². The quantitative estimate of drug-likeness (QED) is 0.937. The molecule has 2 aromatic rings. The van der Waals surface area contributed by atoms with Gasteiger partial charge in [0.15, 0.2) is 10.8 Å². The maximum atomic E-state index is 6.13. The Balaban J connectivity index is 1.64. The second kappa shape index (κ2) is 5.45. The smallest absolute Gasteiger partial charge is 0.162 e. The van der Waals surface area contributed by atoms with Gasteiger partial charge in [0, 0.05) is 24.5 Å². The number of piperidine rings is 1. The molecule has 1 saturated heterocycles. The van der Waals surface area contributed by atoms with Crippen molar-refractivity contribution in [3.05, 3.63) is 29.5 Å². The van der Waals surface area contributed by atoms with Gasteiger partial charge in [-0.05, 0) is 31.0 Å². The van der Waals surface area contributed by atoms with Crippen LogP contribution in [0.5, 0.6) is 0 Å². The van der Waals surface area contributed by atoms with Gasteiger partial charge in [-0.3, -0.25) is 4.90 Å². The lowest BCUT2D eigenvalue weighted by Crippen LogP contribution is -2.47. The molecule has 1 aliphatic heterocycles. The average Bonchev–Trinajstić information content (AvgIpc) is 3.04. The molecule has 1 fully saturated rings. The summed E-state index contributed by atoms with van der Waals surface area (Å²) in [6, 6.07) is 4.12. The number of likely N-dealkylation sites (tertiary alicyclic amines) is 1. The minimum Gasteiger partial charge on any atom is -0.462 e. The van der Waals surface area contributed by atoms with Gasteiger partial charge in [0.05, 0.1) is 12.0 Å². The fraction of sp³-hybridized carbons (Fsp3) is 0.500. The number of hydrogen-bond donors (Lipinski definition) is 1. The molecule has 5 heteroatoms. The third-order valence-corrected chi connectivity index (χ3v) is 4.68. The summed E-state index contributed by atoms with van der Waals surface area (Å²) in [7, 11) is 0. The van der Waals surface area contributed by atoms with Gasteiger partial charge in [0.25, 0.3) is 0 Å². The Morgan fingerprint density at radius 1 is 1.58 bits per heavy atom. The fourth-order valence-corrected chi connectivity index (χ4v) is 3.21. The maximum absolute atomic E-state index is 6.13. The molecule has 0 spiro atoms. The number of furan rings is 1. The highest BCUT2D eigenvalue weighted by atomic mass is 32.1. The first-order valence-corrected chi connectivity index (χ1v) is 7.56. The molecule has 19 heavy (non-hydrogen) atoms. The molecule has 2 N–H and O–H groups in total. The normalized spacial score (nSPS) is 24.7. The van der Waals surface area contributed by atoms with Crippen molar-refractivity contribution >= 4 is 11.3 Å². The minimum absolute atomic E-state index is 0.289. The summed E-state index contributed by atoms with van der Waals surface area (Å²) in [5, 5.41) is 3.07. The van der Waals surface area contributed by atoms with Crippen molar-refractivity contribution in [3.63, 3.8) is 0 Å². The van der Waals surface area contributed by atoms with E-state index in [-0.39, 0.29) is 6.04 Å². The Labute approximate surface area is 117 Å². The molecule has 3 heterocycles. The molecule has 0 radical (unpaired) electrons. The van der Waals surface area contributed by atoms with E-state index in [0.29, 0.717) is 5.92 Å². The molecule has 4 nitrogen and oxygen atoms in total. The monoisotopic (exact) mass is 277 g/mol. The number of thiazole rings is 1. The molecule has 0 bridgehead atoms. The first kappa shape index (κ1) is 12.8. The fourth-order valence-electron chi connectivity index (χ4n) is 2.44. The van der Waals surface area contributed by atoms with E-state index in [4.69, 9.17) is 10.2 Å². The zero-order valence-corrected chi connectivity index (χ0v) is 11.9. The van der Waals surface area contributed by atoms with Crippen molar-refractivity contribution in [2.45, 2.75) is 25.9 Å². The molecule has 0 saturated carbocycles. The summed E-state index contributed by atoms with van der Waals surface area (Å²) >= 11 is 1.63. The largest absolute Gasteiger partial charge is 0.462 e. The van der Waals surface area contributed by atoms with Gasteiger partial charge in [-0.1, -0.05) is 6.92 Å². The van der Waals surface area contributed by atoms with Gasteiger partial charge >= 0.3 is 0 Å². The zero-order chi connectivity index (χ0) is 13.2. The molecule has 102 valence electrons. The molecule has 2 unspecified atom stereocenters. The van der Waals surface area contributed by atoms with Crippen molar-refractivity contribution in [3.8, 4) is 10.8 Å². The highest BCUT2D eigenvalue weighted by Crippen LogP contribution is 2.25. The lowest BCUT2D eigenvalue weighted by atomic mass is 9.94. The molecule has 0 aromatic carbocycles. The third-order valence-electron chi connectivity index (χ3n) is 3.77. The van der Waals surface area contributed by atoms with Gasteiger partial charge < -0.3 is 10.2 Å². The molecule has 0 amide bonds. The SMILES string of the molecule is CC1CCN(Cc2csc(-c3ccco3)n2)CC1N. The molecule has 1 aliphatic rings. The standard InChI is InChI=1S/C14H19N3OS/c1-10-4-5-17(8-12(10)15)7-11-9-19-14(16-11)13-3-2-6-18-13/h2-3,6,9-10,12H,4-5,7-8,15H2,1H3. The Bertz CT molecular complexity index is 523. The van der Waals surface area contributed by atoms with Crippen LogP contribution in [0.4, 0.5) is 0 Å². The van der Waals surface area contributed by atoms with E-state index in [9.17, 15) is 0 Å². The molecular formula is C14H19N3OS. The highest BCUT2D eigenvalue weighted by molar-refractivity contribution is 7.13. The first-order valence-electron chi connectivity index (χ1n) is 6.68. The van der Waals surface area contributed by atoms with Crippen molar-refractivity contribution in [2.24, 2.45) is 11.7 Å². The molecule has 2 atom stereocenters. The van der Waals surface area contributed by atoms with E-state index in [1.54, 1.807) is 17.6 Å². The van der Waals surface area contributed by atoms with Gasteiger partial charge in [-0.2, -0.15) is 0 Å². The Morgan fingerprint density at radius 2 is 2.47 bits per heavy atom. The first-order chi connectivity index (χ1) is 9.22. The summed E-state index contributed by atoms with van der Waals surface area (Å²) < 4.78 is 5.37. The van der Waals surface area contributed by atoms with Crippen LogP contribution in [0.25, 0.3) is 10.8 Å². The topological polar surface area (TPSA) is 55.3 Å². The van der Waals surface area contributed by atoms with Gasteiger partial charge in [0.1, 0.15) is 0 Å². The zero-order valence-electron chi connectivity index (χ0n) is 11.1. The molecular weight excluding hydrogens is 258 g/mol. The van der Waals surface area contributed by atoms with Crippen LogP contribution in [-0.2, 0) is 6.54 Å². The lowest BCUT2D eigenvalue weighted by Gasteiger charge is -2.34. The van der Waals surface area contributed by atoms with Crippen molar-refractivity contribution < 1.29 is 4.42 Å². The van der Waals surface area contributed by atoms with E-state index in [1.807, 2.05) is 12.1 Å². The number of aromatic nitrogens is 1. The minimum atomic E-state index is 0.289. The van der Waals surface area contributed by atoms with Gasteiger partial charge in [-0.15, -0.1) is 11.3 Å². The Kier molecular flexibility index (Phi) is 3.68. The van der Waals surface area contributed by atoms with Crippen LogP contribution in [-0.4, -0.2) is 29.0 Å². The highest BCUT2D eigenvalue weighted by Gasteiger charge is 2.23. The number of rotatable bonds is 3. The van der Waals surface area contributed by atoms with E-state index in [1.165, 1.54) is 6.42 Å². The van der Waals surface area contributed by atoms with Gasteiger partial charge in [0.2, 0.25) is 0 Å². The van der Waals surface area contributed by atoms with E-state index < -0.39 is 0 Å². The van der Waals surface area contributed by atoms with Crippen LogP contribution in [0.1, 0.15) is 19.0 Å². The number of nitrogens with zero attached hydrogens (tertiary/aromatic N) is 2. The predicted molar refractivity (Wildman–Crippen MR) is 76.8 cm³/mol. The summed E-state index contributed by atoms with van der Waals surface area (Å²) in [4.78, 5) is 7.03. The summed E-state index contributed by atoms with van der Waals surface area (Å²) in [6.07, 6.45) is 2.86. The Hall–Kier alpha value is -1.17. The van der Waals surface area contributed by atoms with Crippen LogP contribution in [0.2, 0.25) is 0 Å². The van der Waals surface area contributed by atoms with Crippen LogP contribution >= 0.6 is 11.3 Å². The molecule has 0 aliphatic carbocycles. The van der Waals surface area contributed by atoms with Gasteiger partial charge in [-0.25, -0.2) is 4.98 Å². The van der Waals surface area contributed by atoms with Crippen molar-refractivity contribution in [1.29, 1.82) is 0 Å². The van der Waals surface area contributed by atoms with Crippen LogP contribution in [0, 0.1) is 5.92 Å². The lowest BCUT2D eigenvalue weighted by molar-refractivity contribution is 0.161. The van der Waals surface area contributed by atoms with Crippen molar-refractivity contribution in [1.82, 2.24) is 9.88 Å². The second-order valence-corrected chi connectivity index (χ2v) is 6.14.